The Morgan fingerprint density at radius 2 is 1.14 bits per heavy atom. The van der Waals surface area contributed by atoms with Crippen LogP contribution in [0.3, 0.4) is 0 Å². The molecule has 0 amide bonds. The van der Waals surface area contributed by atoms with Gasteiger partial charge in [0.2, 0.25) is 0 Å². The second-order valence-electron chi connectivity index (χ2n) is 6.38. The van der Waals surface area contributed by atoms with Crippen LogP contribution in [0.1, 0.15) is 38.5 Å². The smallest absolute Gasteiger partial charge is 0.306 e. The van der Waals surface area contributed by atoms with E-state index in [9.17, 15) is 14.4 Å². The average molecular weight is 404 g/mol. The maximum absolute atomic E-state index is 11.4. The maximum atomic E-state index is 11.4. The van der Waals surface area contributed by atoms with Gasteiger partial charge in [0.15, 0.2) is 0 Å². The number of hydrogen-bond donors (Lipinski definition) is 2. The van der Waals surface area contributed by atoms with Gasteiger partial charge in [0.25, 0.3) is 0 Å². The first-order valence-corrected chi connectivity index (χ1v) is 9.87. The summed E-state index contributed by atoms with van der Waals surface area (Å²) < 4.78 is 13.9. The topological polar surface area (TPSA) is 106 Å². The van der Waals surface area contributed by atoms with Crippen LogP contribution >= 0.6 is 0 Å². The third kappa shape index (κ3) is 16.5. The highest BCUT2D eigenvalue weighted by Gasteiger charge is 2.08. The number of esters is 3. The van der Waals surface area contributed by atoms with Crippen molar-refractivity contribution in [2.75, 3.05) is 67.1 Å². The van der Waals surface area contributed by atoms with Gasteiger partial charge in [0, 0.05) is 32.7 Å². The Balaban J connectivity index is 3.89. The first-order chi connectivity index (χ1) is 13.5. The lowest BCUT2D eigenvalue weighted by molar-refractivity contribution is -0.141. The van der Waals surface area contributed by atoms with Gasteiger partial charge >= 0.3 is 17.9 Å². The van der Waals surface area contributed by atoms with Crippen molar-refractivity contribution in [2.24, 2.45) is 0 Å². The number of hydrogen-bond acceptors (Lipinski definition) is 9. The minimum atomic E-state index is -0.227. The van der Waals surface area contributed by atoms with E-state index in [-0.39, 0.29) is 17.9 Å². The van der Waals surface area contributed by atoms with Crippen LogP contribution in [0, 0.1) is 0 Å². The summed E-state index contributed by atoms with van der Waals surface area (Å²) in [6.45, 7) is 5.18. The Morgan fingerprint density at radius 1 is 0.607 bits per heavy atom. The summed E-state index contributed by atoms with van der Waals surface area (Å²) in [6, 6.07) is 0. The molecule has 0 aliphatic rings. The largest absolute Gasteiger partial charge is 0.469 e. The molecule has 2 N–H and O–H groups in total. The van der Waals surface area contributed by atoms with E-state index in [4.69, 9.17) is 4.74 Å². The van der Waals surface area contributed by atoms with Crippen LogP contribution in [0.2, 0.25) is 0 Å². The van der Waals surface area contributed by atoms with E-state index in [1.807, 2.05) is 0 Å². The van der Waals surface area contributed by atoms with E-state index in [0.29, 0.717) is 38.9 Å². The summed E-state index contributed by atoms with van der Waals surface area (Å²) >= 11 is 0. The summed E-state index contributed by atoms with van der Waals surface area (Å²) in [5.74, 6) is -0.636. The molecular formula is C19H37N3O6. The zero-order valence-corrected chi connectivity index (χ0v) is 17.6. The van der Waals surface area contributed by atoms with Crippen molar-refractivity contribution in [3.8, 4) is 0 Å². The van der Waals surface area contributed by atoms with Gasteiger partial charge in [-0.2, -0.15) is 0 Å². The molecule has 0 aromatic heterocycles. The standard InChI is InChI=1S/C19H37N3O6/c1-26-17(23)7-11-20-10-5-4-6-14-22(15-9-19(25)28-3)16-13-21-12-8-18(24)27-2/h20-21H,4-16H2,1-3H3. The second-order valence-corrected chi connectivity index (χ2v) is 6.38. The SMILES string of the molecule is COC(=O)CCNCCCCCN(CCNCCC(=O)OC)CCC(=O)OC. The predicted molar refractivity (Wildman–Crippen MR) is 106 cm³/mol. The summed E-state index contributed by atoms with van der Waals surface area (Å²) in [7, 11) is 4.17. The van der Waals surface area contributed by atoms with E-state index >= 15 is 0 Å². The average Bonchev–Trinajstić information content (AvgIpc) is 2.71. The van der Waals surface area contributed by atoms with E-state index in [0.717, 1.165) is 45.4 Å². The molecule has 0 unspecified atom stereocenters. The molecule has 0 rings (SSSR count). The number of nitrogens with one attached hydrogen (secondary N) is 2. The molecule has 0 aromatic carbocycles. The van der Waals surface area contributed by atoms with Crippen molar-refractivity contribution in [1.82, 2.24) is 15.5 Å². The molecule has 0 heterocycles. The van der Waals surface area contributed by atoms with Gasteiger partial charge in [-0.1, -0.05) is 6.42 Å². The predicted octanol–water partition coefficient (Wildman–Crippen LogP) is 0.327. The van der Waals surface area contributed by atoms with Crippen molar-refractivity contribution in [2.45, 2.75) is 38.5 Å². The Kier molecular flexibility index (Phi) is 17.5. The molecule has 0 fully saturated rings. The van der Waals surface area contributed by atoms with Crippen LogP contribution in [0.15, 0.2) is 0 Å². The lowest BCUT2D eigenvalue weighted by Gasteiger charge is -2.22. The fourth-order valence-corrected chi connectivity index (χ4v) is 2.52. The highest BCUT2D eigenvalue weighted by molar-refractivity contribution is 5.69. The molecule has 0 aliphatic heterocycles. The maximum Gasteiger partial charge on any atom is 0.306 e. The van der Waals surface area contributed by atoms with Crippen molar-refractivity contribution < 1.29 is 28.6 Å². The molecule has 0 spiro atoms. The molecule has 0 radical (unpaired) electrons. The van der Waals surface area contributed by atoms with E-state index in [1.165, 1.54) is 21.3 Å². The van der Waals surface area contributed by atoms with Gasteiger partial charge < -0.3 is 29.7 Å². The Bertz CT molecular complexity index is 434. The number of nitrogens with zero attached hydrogens (tertiary/aromatic N) is 1. The molecular weight excluding hydrogens is 366 g/mol. The fraction of sp³-hybridized carbons (Fsp3) is 0.842. The number of ether oxygens (including phenoxy) is 3. The molecule has 0 atom stereocenters. The molecule has 0 aliphatic carbocycles. The van der Waals surface area contributed by atoms with Crippen LogP contribution < -0.4 is 10.6 Å². The summed E-state index contributed by atoms with van der Waals surface area (Å²) in [4.78, 5) is 35.7. The molecule has 28 heavy (non-hydrogen) atoms. The molecule has 0 saturated carbocycles. The second kappa shape index (κ2) is 18.6. The van der Waals surface area contributed by atoms with Gasteiger partial charge in [-0.15, -0.1) is 0 Å². The van der Waals surface area contributed by atoms with Gasteiger partial charge in [-0.25, -0.2) is 0 Å². The molecule has 0 aromatic rings. The van der Waals surface area contributed by atoms with Crippen LogP contribution in [0.25, 0.3) is 0 Å². The number of methoxy groups -OCH3 is 3. The van der Waals surface area contributed by atoms with Crippen LogP contribution in [0.4, 0.5) is 0 Å². The minimum Gasteiger partial charge on any atom is -0.469 e. The molecule has 164 valence electrons. The first-order valence-electron chi connectivity index (χ1n) is 9.87. The number of unbranched alkanes of at least 4 members (excludes halogenated alkanes) is 2. The van der Waals surface area contributed by atoms with Crippen molar-refractivity contribution in [3.05, 3.63) is 0 Å². The van der Waals surface area contributed by atoms with Crippen LogP contribution in [-0.4, -0.2) is 90.0 Å². The van der Waals surface area contributed by atoms with E-state index in [1.54, 1.807) is 0 Å². The monoisotopic (exact) mass is 403 g/mol. The van der Waals surface area contributed by atoms with E-state index < -0.39 is 0 Å². The van der Waals surface area contributed by atoms with Crippen molar-refractivity contribution in [1.29, 1.82) is 0 Å². The van der Waals surface area contributed by atoms with Gasteiger partial charge in [0.05, 0.1) is 40.6 Å². The summed E-state index contributed by atoms with van der Waals surface area (Å²) in [6.07, 6.45) is 4.23. The van der Waals surface area contributed by atoms with Crippen LogP contribution in [0.5, 0.6) is 0 Å². The molecule has 0 saturated heterocycles. The van der Waals surface area contributed by atoms with Crippen molar-refractivity contribution in [3.63, 3.8) is 0 Å². The summed E-state index contributed by atoms with van der Waals surface area (Å²) in [5, 5.41) is 6.44. The minimum absolute atomic E-state index is 0.200. The third-order valence-corrected chi connectivity index (χ3v) is 4.26. The normalized spacial score (nSPS) is 10.7. The third-order valence-electron chi connectivity index (χ3n) is 4.26. The van der Waals surface area contributed by atoms with Crippen molar-refractivity contribution >= 4 is 17.9 Å². The zero-order valence-electron chi connectivity index (χ0n) is 17.6. The van der Waals surface area contributed by atoms with E-state index in [2.05, 4.69) is 25.0 Å². The Labute approximate surface area is 168 Å². The fourth-order valence-electron chi connectivity index (χ4n) is 2.52. The van der Waals surface area contributed by atoms with Gasteiger partial charge in [-0.05, 0) is 25.9 Å². The number of rotatable bonds is 18. The first kappa shape index (κ1) is 26.3. The zero-order chi connectivity index (χ0) is 21.0. The molecule has 0 bridgehead atoms. The Hall–Kier alpha value is -1.71. The van der Waals surface area contributed by atoms with Gasteiger partial charge in [-0.3, -0.25) is 14.4 Å². The lowest BCUT2D eigenvalue weighted by atomic mass is 10.2. The van der Waals surface area contributed by atoms with Crippen LogP contribution in [-0.2, 0) is 28.6 Å². The molecule has 9 heteroatoms. The lowest BCUT2D eigenvalue weighted by Crippen LogP contribution is -2.35. The highest BCUT2D eigenvalue weighted by Crippen LogP contribution is 2.00. The number of carbonyl (C=O) groups is 3. The Morgan fingerprint density at radius 3 is 1.71 bits per heavy atom. The van der Waals surface area contributed by atoms with Gasteiger partial charge in [0.1, 0.15) is 0 Å². The molecule has 9 nitrogen and oxygen atoms in total. The number of carbonyl (C=O) groups excluding carboxylic acids is 3. The highest BCUT2D eigenvalue weighted by atomic mass is 16.5. The quantitative estimate of drug-likeness (QED) is 0.190. The summed E-state index contributed by atoms with van der Waals surface area (Å²) in [5.41, 5.74) is 0.